The maximum atomic E-state index is 11.5. The Kier molecular flexibility index (Phi) is 6.52. The lowest BCUT2D eigenvalue weighted by molar-refractivity contribution is 0.0530. The average Bonchev–Trinajstić information content (AvgIpc) is 2.34. The van der Waals surface area contributed by atoms with E-state index in [4.69, 9.17) is 16.3 Å². The summed E-state index contributed by atoms with van der Waals surface area (Å²) in [7, 11) is -3.37. The number of rotatable bonds is 6. The number of sulfonamides is 1. The molecule has 0 aliphatic rings. The van der Waals surface area contributed by atoms with Crippen LogP contribution in [-0.2, 0) is 14.8 Å². The molecule has 0 saturated carbocycles. The molecule has 0 spiro atoms. The van der Waals surface area contributed by atoms with Crippen LogP contribution in [0.25, 0.3) is 0 Å². The van der Waals surface area contributed by atoms with Gasteiger partial charge in [-0.05, 0) is 39.0 Å². The molecule has 0 aliphatic heterocycles. The number of nitrogens with one attached hydrogen (secondary N) is 3. The van der Waals surface area contributed by atoms with Crippen molar-refractivity contribution in [2.45, 2.75) is 26.4 Å². The number of benzene rings is 1. The van der Waals surface area contributed by atoms with Gasteiger partial charge in [-0.15, -0.1) is 0 Å². The van der Waals surface area contributed by atoms with Crippen LogP contribution in [0, 0.1) is 0 Å². The fourth-order valence-electron chi connectivity index (χ4n) is 1.59. The van der Waals surface area contributed by atoms with Crippen LogP contribution in [0.3, 0.4) is 0 Å². The molecular weight excluding hydrogens is 342 g/mol. The number of carbonyl (C=O) groups is 1. The Morgan fingerprint density at radius 2 is 1.91 bits per heavy atom. The van der Waals surface area contributed by atoms with E-state index in [0.717, 1.165) is 6.26 Å². The molecule has 23 heavy (non-hydrogen) atoms. The maximum absolute atomic E-state index is 11.5. The van der Waals surface area contributed by atoms with Crippen LogP contribution in [0.2, 0.25) is 5.02 Å². The molecule has 0 radical (unpaired) electrons. The van der Waals surface area contributed by atoms with Crippen LogP contribution in [0.4, 0.5) is 16.2 Å². The fraction of sp³-hybridized carbons (Fsp3) is 0.500. The Bertz CT molecular complexity index is 656. The number of anilines is 2. The monoisotopic (exact) mass is 363 g/mol. The smallest absolute Gasteiger partial charge is 0.407 e. The molecule has 0 bridgehead atoms. The number of alkyl carbamates (subject to hydrolysis) is 1. The highest BCUT2D eigenvalue weighted by atomic mass is 35.5. The number of ether oxygens (including phenoxy) is 1. The molecule has 0 aromatic heterocycles. The van der Waals surface area contributed by atoms with E-state index in [1.54, 1.807) is 39.0 Å². The highest BCUT2D eigenvalue weighted by molar-refractivity contribution is 7.92. The summed E-state index contributed by atoms with van der Waals surface area (Å²) < 4.78 is 29.8. The molecule has 0 heterocycles. The maximum Gasteiger partial charge on any atom is 0.407 e. The molecule has 1 amide bonds. The number of hydrogen-bond donors (Lipinski definition) is 3. The molecule has 9 heteroatoms. The first-order valence-electron chi connectivity index (χ1n) is 6.94. The van der Waals surface area contributed by atoms with Gasteiger partial charge >= 0.3 is 6.09 Å². The van der Waals surface area contributed by atoms with Gasteiger partial charge < -0.3 is 15.4 Å². The summed E-state index contributed by atoms with van der Waals surface area (Å²) >= 11 is 6.01. The van der Waals surface area contributed by atoms with Gasteiger partial charge in [-0.1, -0.05) is 11.6 Å². The normalized spacial score (nSPS) is 11.7. The van der Waals surface area contributed by atoms with Crippen LogP contribution in [0.1, 0.15) is 20.8 Å². The Balaban J connectivity index is 2.44. The molecule has 0 fully saturated rings. The predicted molar refractivity (Wildman–Crippen MR) is 92.6 cm³/mol. The Hall–Kier alpha value is -1.67. The van der Waals surface area contributed by atoms with Gasteiger partial charge in [-0.25, -0.2) is 13.2 Å². The van der Waals surface area contributed by atoms with E-state index in [0.29, 0.717) is 24.5 Å². The third kappa shape index (κ3) is 8.51. The van der Waals surface area contributed by atoms with Crippen molar-refractivity contribution in [3.05, 3.63) is 23.2 Å². The second-order valence-electron chi connectivity index (χ2n) is 5.92. The van der Waals surface area contributed by atoms with E-state index in [-0.39, 0.29) is 5.02 Å². The third-order valence-electron chi connectivity index (χ3n) is 2.39. The first-order chi connectivity index (χ1) is 10.5. The van der Waals surface area contributed by atoms with Gasteiger partial charge in [-0.3, -0.25) is 4.72 Å². The van der Waals surface area contributed by atoms with E-state index in [1.165, 1.54) is 0 Å². The second kappa shape index (κ2) is 7.74. The summed E-state index contributed by atoms with van der Waals surface area (Å²) in [6, 6.07) is 4.85. The van der Waals surface area contributed by atoms with Gasteiger partial charge in [0, 0.05) is 18.8 Å². The number of amides is 1. The summed E-state index contributed by atoms with van der Waals surface area (Å²) in [6.07, 6.45) is 0.572. The minimum atomic E-state index is -3.37. The molecule has 0 atom stereocenters. The number of carbonyl (C=O) groups excluding carboxylic acids is 1. The molecule has 1 aromatic carbocycles. The van der Waals surface area contributed by atoms with Crippen molar-refractivity contribution < 1.29 is 17.9 Å². The second-order valence-corrected chi connectivity index (χ2v) is 8.08. The molecule has 7 nitrogen and oxygen atoms in total. The predicted octanol–water partition coefficient (Wildman–Crippen LogP) is 2.65. The van der Waals surface area contributed by atoms with Gasteiger partial charge in [-0.2, -0.15) is 0 Å². The van der Waals surface area contributed by atoms with E-state index in [9.17, 15) is 13.2 Å². The topological polar surface area (TPSA) is 96.5 Å². The molecular formula is C14H22ClN3O4S. The minimum Gasteiger partial charge on any atom is -0.444 e. The number of hydrogen-bond acceptors (Lipinski definition) is 5. The van der Waals surface area contributed by atoms with Gasteiger partial charge in [0.05, 0.1) is 17.0 Å². The standard InChI is InChI=1S/C14H22ClN3O4S/c1-14(2,3)22-13(19)17-8-7-16-10-5-6-12(11(15)9-10)18-23(4,20)21/h5-6,9,16,18H,7-8H2,1-4H3,(H,17,19). The Labute approximate surface area is 141 Å². The van der Waals surface area contributed by atoms with Crippen molar-refractivity contribution in [2.24, 2.45) is 0 Å². The molecule has 0 saturated heterocycles. The molecule has 0 aliphatic carbocycles. The lowest BCUT2D eigenvalue weighted by Crippen LogP contribution is -2.34. The first kappa shape index (κ1) is 19.4. The van der Waals surface area contributed by atoms with Crippen LogP contribution in [0.15, 0.2) is 18.2 Å². The van der Waals surface area contributed by atoms with Crippen molar-refractivity contribution in [3.63, 3.8) is 0 Å². The molecule has 0 unspecified atom stereocenters. The zero-order valence-corrected chi connectivity index (χ0v) is 15.1. The van der Waals surface area contributed by atoms with E-state index in [1.807, 2.05) is 0 Å². The SMILES string of the molecule is CC(C)(C)OC(=O)NCCNc1ccc(NS(C)(=O)=O)c(Cl)c1. The largest absolute Gasteiger partial charge is 0.444 e. The minimum absolute atomic E-state index is 0.278. The summed E-state index contributed by atoms with van der Waals surface area (Å²) in [4.78, 5) is 11.5. The number of halogens is 1. The van der Waals surface area contributed by atoms with Crippen LogP contribution < -0.4 is 15.4 Å². The summed E-state index contributed by atoms with van der Waals surface area (Å²) in [5.74, 6) is 0. The van der Waals surface area contributed by atoms with Crippen LogP contribution in [-0.4, -0.2) is 39.5 Å². The van der Waals surface area contributed by atoms with Gasteiger partial charge in [0.15, 0.2) is 0 Å². The first-order valence-corrected chi connectivity index (χ1v) is 9.21. The van der Waals surface area contributed by atoms with Crippen LogP contribution >= 0.6 is 11.6 Å². The third-order valence-corrected chi connectivity index (χ3v) is 3.29. The molecule has 130 valence electrons. The molecule has 1 aromatic rings. The zero-order valence-electron chi connectivity index (χ0n) is 13.6. The molecule has 1 rings (SSSR count). The van der Waals surface area contributed by atoms with Crippen molar-refractivity contribution in [2.75, 3.05) is 29.4 Å². The van der Waals surface area contributed by atoms with Crippen molar-refractivity contribution in [1.82, 2.24) is 5.32 Å². The van der Waals surface area contributed by atoms with E-state index >= 15 is 0 Å². The summed E-state index contributed by atoms with van der Waals surface area (Å²) in [5.41, 5.74) is 0.486. The van der Waals surface area contributed by atoms with Crippen molar-refractivity contribution in [3.8, 4) is 0 Å². The molecule has 3 N–H and O–H groups in total. The summed E-state index contributed by atoms with van der Waals surface area (Å²) in [5, 5.41) is 5.96. The van der Waals surface area contributed by atoms with Gasteiger partial charge in [0.25, 0.3) is 0 Å². The van der Waals surface area contributed by atoms with Crippen LogP contribution in [0.5, 0.6) is 0 Å². The van der Waals surface area contributed by atoms with Crippen molar-refractivity contribution >= 4 is 39.1 Å². The van der Waals surface area contributed by atoms with Crippen molar-refractivity contribution in [1.29, 1.82) is 0 Å². The van der Waals surface area contributed by atoms with E-state index in [2.05, 4.69) is 15.4 Å². The highest BCUT2D eigenvalue weighted by Crippen LogP contribution is 2.26. The quantitative estimate of drug-likeness (QED) is 0.675. The highest BCUT2D eigenvalue weighted by Gasteiger charge is 2.15. The van der Waals surface area contributed by atoms with E-state index < -0.39 is 21.7 Å². The average molecular weight is 364 g/mol. The zero-order chi connectivity index (χ0) is 17.7. The fourth-order valence-corrected chi connectivity index (χ4v) is 2.45. The Morgan fingerprint density at radius 1 is 1.26 bits per heavy atom. The lowest BCUT2D eigenvalue weighted by Gasteiger charge is -2.19. The van der Waals surface area contributed by atoms with Gasteiger partial charge in [0.2, 0.25) is 10.0 Å². The Morgan fingerprint density at radius 3 is 2.43 bits per heavy atom. The van der Waals surface area contributed by atoms with Gasteiger partial charge in [0.1, 0.15) is 5.60 Å². The lowest BCUT2D eigenvalue weighted by atomic mass is 10.2. The summed E-state index contributed by atoms with van der Waals surface area (Å²) in [6.45, 7) is 6.21.